The largest absolute Gasteiger partial charge is 0.508 e. The molecule has 5 nitrogen and oxygen atoms in total. The van der Waals surface area contributed by atoms with Gasteiger partial charge in [0.25, 0.3) is 0 Å². The number of aromatic hydroxyl groups is 1. The molecule has 92 valence electrons. The van der Waals surface area contributed by atoms with E-state index < -0.39 is 11.9 Å². The van der Waals surface area contributed by atoms with Crippen LogP contribution in [0.15, 0.2) is 30.3 Å². The van der Waals surface area contributed by atoms with Crippen LogP contribution in [0.4, 0.5) is 0 Å². The van der Waals surface area contributed by atoms with Crippen molar-refractivity contribution in [2.24, 2.45) is 0 Å². The van der Waals surface area contributed by atoms with Crippen LogP contribution in [0.2, 0.25) is 0 Å². The van der Waals surface area contributed by atoms with Crippen molar-refractivity contribution in [3.05, 3.63) is 35.9 Å². The van der Waals surface area contributed by atoms with Gasteiger partial charge < -0.3 is 14.9 Å². The number of phenolic OH excluding ortho intramolecular Hbond substituents is 1. The summed E-state index contributed by atoms with van der Waals surface area (Å²) in [6, 6.07) is 7.23. The Morgan fingerprint density at radius 3 is 2.50 bits per heavy atom. The topological polar surface area (TPSA) is 83.8 Å². The minimum absolute atomic E-state index is 0.0426. The van der Waals surface area contributed by atoms with Crippen LogP contribution < -0.4 is 4.74 Å². The molecule has 0 atom stereocenters. The third-order valence-corrected chi connectivity index (χ3v) is 2.42. The Morgan fingerprint density at radius 2 is 1.89 bits per heavy atom. The third kappa shape index (κ3) is 2.10. The van der Waals surface area contributed by atoms with Gasteiger partial charge in [-0.1, -0.05) is 12.1 Å². The van der Waals surface area contributed by atoms with Crippen LogP contribution in [-0.2, 0) is 4.79 Å². The van der Waals surface area contributed by atoms with Gasteiger partial charge in [0, 0.05) is 17.7 Å². The van der Waals surface area contributed by atoms with Crippen molar-refractivity contribution < 1.29 is 24.5 Å². The number of carbonyl (C=O) groups excluding carboxylic acids is 1. The molecule has 0 bridgehead atoms. The number of carbonyl (C=O) groups is 2. The van der Waals surface area contributed by atoms with Gasteiger partial charge in [-0.25, -0.2) is 4.79 Å². The van der Waals surface area contributed by atoms with E-state index in [9.17, 15) is 14.7 Å². The molecule has 0 aliphatic heterocycles. The molecule has 0 amide bonds. The molecule has 2 aromatic rings. The Hall–Kier alpha value is -2.56. The van der Waals surface area contributed by atoms with Crippen molar-refractivity contribution in [3.8, 4) is 11.5 Å². The summed E-state index contributed by atoms with van der Waals surface area (Å²) in [6.45, 7) is 1.25. The summed E-state index contributed by atoms with van der Waals surface area (Å²) in [6.07, 6.45) is 0. The molecule has 0 radical (unpaired) electrons. The van der Waals surface area contributed by atoms with E-state index in [-0.39, 0.29) is 17.1 Å². The number of phenols is 1. The lowest BCUT2D eigenvalue weighted by Gasteiger charge is -2.08. The van der Waals surface area contributed by atoms with E-state index in [1.807, 2.05) is 0 Å². The van der Waals surface area contributed by atoms with Gasteiger partial charge in [-0.3, -0.25) is 4.79 Å². The number of ether oxygens (including phenoxy) is 1. The molecular formula is C13H10O5. The predicted molar refractivity (Wildman–Crippen MR) is 63.9 cm³/mol. The molecule has 0 unspecified atom stereocenters. The highest BCUT2D eigenvalue weighted by molar-refractivity contribution is 6.06. The van der Waals surface area contributed by atoms with Crippen molar-refractivity contribution >= 4 is 22.7 Å². The van der Waals surface area contributed by atoms with Crippen molar-refractivity contribution in [2.75, 3.05) is 0 Å². The average molecular weight is 246 g/mol. The Morgan fingerprint density at radius 1 is 1.17 bits per heavy atom. The zero-order valence-corrected chi connectivity index (χ0v) is 9.51. The maximum absolute atomic E-state index is 11.1. The quantitative estimate of drug-likeness (QED) is 0.626. The average Bonchev–Trinajstić information content (AvgIpc) is 2.28. The molecule has 0 saturated carbocycles. The van der Waals surface area contributed by atoms with Gasteiger partial charge in [0.2, 0.25) is 0 Å². The van der Waals surface area contributed by atoms with Gasteiger partial charge in [-0.2, -0.15) is 0 Å². The number of hydrogen-bond donors (Lipinski definition) is 2. The van der Waals surface area contributed by atoms with Crippen molar-refractivity contribution in [2.45, 2.75) is 6.92 Å². The maximum atomic E-state index is 11.1. The summed E-state index contributed by atoms with van der Waals surface area (Å²) in [5, 5.41) is 19.4. The van der Waals surface area contributed by atoms with Crippen LogP contribution in [-0.4, -0.2) is 22.2 Å². The summed E-state index contributed by atoms with van der Waals surface area (Å²) < 4.78 is 4.97. The minimum Gasteiger partial charge on any atom is -0.508 e. The number of aromatic carboxylic acids is 1. The van der Waals surface area contributed by atoms with Crippen LogP contribution in [0.1, 0.15) is 17.3 Å². The number of benzene rings is 2. The molecule has 0 saturated heterocycles. The molecule has 0 fully saturated rings. The second-order valence-electron chi connectivity index (χ2n) is 3.74. The number of fused-ring (bicyclic) bond motifs is 1. The highest BCUT2D eigenvalue weighted by Crippen LogP contribution is 2.31. The number of rotatable bonds is 2. The number of carboxylic acid groups (broad SMARTS) is 1. The summed E-state index contributed by atoms with van der Waals surface area (Å²) >= 11 is 0. The van der Waals surface area contributed by atoms with Gasteiger partial charge in [-0.05, 0) is 18.2 Å². The first-order valence-electron chi connectivity index (χ1n) is 5.16. The molecule has 2 aromatic carbocycles. The van der Waals surface area contributed by atoms with Crippen molar-refractivity contribution in [1.82, 2.24) is 0 Å². The molecular weight excluding hydrogens is 236 g/mol. The molecule has 2 rings (SSSR count). The zero-order chi connectivity index (χ0) is 13.3. The summed E-state index contributed by atoms with van der Waals surface area (Å²) in [4.78, 5) is 22.0. The molecule has 2 N–H and O–H groups in total. The molecule has 0 aliphatic rings. The number of hydrogen-bond acceptors (Lipinski definition) is 4. The molecule has 0 heterocycles. The van der Waals surface area contributed by atoms with Crippen LogP contribution in [0.25, 0.3) is 10.8 Å². The third-order valence-electron chi connectivity index (χ3n) is 2.42. The highest BCUT2D eigenvalue weighted by Gasteiger charge is 2.13. The lowest BCUT2D eigenvalue weighted by Crippen LogP contribution is -2.03. The van der Waals surface area contributed by atoms with Crippen LogP contribution in [0.5, 0.6) is 11.5 Å². The maximum Gasteiger partial charge on any atom is 0.336 e. The summed E-state index contributed by atoms with van der Waals surface area (Å²) in [7, 11) is 0. The van der Waals surface area contributed by atoms with Gasteiger partial charge in [0.15, 0.2) is 0 Å². The SMILES string of the molecule is CC(=O)Oc1cccc2c(C(=O)O)cc(O)cc12. The van der Waals surface area contributed by atoms with Gasteiger partial charge in [0.1, 0.15) is 11.5 Å². The first kappa shape index (κ1) is 11.9. The van der Waals surface area contributed by atoms with Gasteiger partial charge in [-0.15, -0.1) is 0 Å². The van der Waals surface area contributed by atoms with E-state index >= 15 is 0 Å². The van der Waals surface area contributed by atoms with Gasteiger partial charge in [0.05, 0.1) is 5.56 Å². The van der Waals surface area contributed by atoms with Crippen LogP contribution >= 0.6 is 0 Å². The molecule has 0 aliphatic carbocycles. The molecule has 5 heteroatoms. The second kappa shape index (κ2) is 4.37. The molecule has 18 heavy (non-hydrogen) atoms. The van der Waals surface area contributed by atoms with Gasteiger partial charge >= 0.3 is 11.9 Å². The number of esters is 1. The van der Waals surface area contributed by atoms with E-state index in [0.29, 0.717) is 10.8 Å². The van der Waals surface area contributed by atoms with E-state index in [1.165, 1.54) is 19.1 Å². The standard InChI is InChI=1S/C13H10O5/c1-7(14)18-12-4-2-3-9-10(12)5-8(15)6-11(9)13(16)17/h2-6,15H,1H3,(H,16,17). The summed E-state index contributed by atoms with van der Waals surface area (Å²) in [5.74, 6) is -1.64. The lowest BCUT2D eigenvalue weighted by molar-refractivity contribution is -0.131. The van der Waals surface area contributed by atoms with E-state index in [1.54, 1.807) is 12.1 Å². The Labute approximate surface area is 102 Å². The van der Waals surface area contributed by atoms with E-state index in [4.69, 9.17) is 9.84 Å². The Kier molecular flexibility index (Phi) is 2.89. The Bertz CT molecular complexity index is 645. The van der Waals surface area contributed by atoms with Crippen molar-refractivity contribution in [3.63, 3.8) is 0 Å². The predicted octanol–water partition coefficient (Wildman–Crippen LogP) is 2.17. The van der Waals surface area contributed by atoms with E-state index in [2.05, 4.69) is 0 Å². The monoisotopic (exact) mass is 246 g/mol. The lowest BCUT2D eigenvalue weighted by atomic mass is 10.0. The Balaban J connectivity index is 2.77. The highest BCUT2D eigenvalue weighted by atomic mass is 16.5. The molecule has 0 aromatic heterocycles. The zero-order valence-electron chi connectivity index (χ0n) is 9.51. The second-order valence-corrected chi connectivity index (χ2v) is 3.74. The fourth-order valence-electron chi connectivity index (χ4n) is 1.76. The smallest absolute Gasteiger partial charge is 0.336 e. The summed E-state index contributed by atoms with van der Waals surface area (Å²) in [5.41, 5.74) is -0.0426. The fraction of sp³-hybridized carbons (Fsp3) is 0.0769. The van der Waals surface area contributed by atoms with Crippen LogP contribution in [0, 0.1) is 0 Å². The van der Waals surface area contributed by atoms with Crippen LogP contribution in [0.3, 0.4) is 0 Å². The van der Waals surface area contributed by atoms with E-state index in [0.717, 1.165) is 6.07 Å². The first-order chi connectivity index (χ1) is 8.49. The molecule has 0 spiro atoms. The first-order valence-corrected chi connectivity index (χ1v) is 5.16. The number of carboxylic acids is 1. The normalized spacial score (nSPS) is 10.3. The van der Waals surface area contributed by atoms with Crippen molar-refractivity contribution in [1.29, 1.82) is 0 Å². The minimum atomic E-state index is -1.16. The fourth-order valence-corrected chi connectivity index (χ4v) is 1.76.